The molecule has 0 aromatic heterocycles. The molecule has 9 nitrogen and oxygen atoms in total. The molecule has 38 heavy (non-hydrogen) atoms. The number of nitrogens with one attached hydrogen (secondary N) is 2. The van der Waals surface area contributed by atoms with E-state index in [0.29, 0.717) is 27.7 Å². The maximum atomic E-state index is 13.0. The summed E-state index contributed by atoms with van der Waals surface area (Å²) in [4.78, 5) is 48.6. The monoisotopic (exact) mass is 529 g/mol. The van der Waals surface area contributed by atoms with E-state index in [-0.39, 0.29) is 22.7 Å². The zero-order chi connectivity index (χ0) is 27.4. The Morgan fingerprint density at radius 3 is 2.18 bits per heavy atom. The van der Waals surface area contributed by atoms with Gasteiger partial charge in [0, 0.05) is 39.4 Å². The van der Waals surface area contributed by atoms with Gasteiger partial charge in [0.15, 0.2) is 0 Å². The molecule has 1 atom stereocenters. The van der Waals surface area contributed by atoms with Crippen molar-refractivity contribution < 1.29 is 24.4 Å². The molecule has 0 aliphatic carbocycles. The van der Waals surface area contributed by atoms with E-state index in [1.54, 1.807) is 68.4 Å². The second-order valence-electron chi connectivity index (χ2n) is 8.50. The highest BCUT2D eigenvalue weighted by atomic mass is 32.2. The van der Waals surface area contributed by atoms with Crippen LogP contribution < -0.4 is 10.6 Å². The summed E-state index contributed by atoms with van der Waals surface area (Å²) in [7, 11) is 0. The van der Waals surface area contributed by atoms with Crippen LogP contribution in [0.15, 0.2) is 83.8 Å². The lowest BCUT2D eigenvalue weighted by atomic mass is 9.98. The van der Waals surface area contributed by atoms with Gasteiger partial charge in [-0.2, -0.15) is 0 Å². The standard InChI is InChI=1S/C28H23N3O6S/c1-16-15-20(31(36)37)11-14-24(16)30-26(32)17(2)38-21-12-9-19(10-13-21)29-27(33)22-7-3-5-18-6-4-8-23(25(18)22)28(34)35/h3-15,17H,1-2H3,(H,29,33)(H,30,32)(H,34,35). The van der Waals surface area contributed by atoms with E-state index in [0.717, 1.165) is 4.90 Å². The van der Waals surface area contributed by atoms with E-state index < -0.39 is 22.0 Å². The van der Waals surface area contributed by atoms with Crippen molar-refractivity contribution >= 4 is 57.4 Å². The SMILES string of the molecule is Cc1cc([N+](=O)[O-])ccc1NC(=O)C(C)Sc1ccc(NC(=O)c2cccc3cccc(C(=O)O)c23)cc1. The molecule has 0 saturated heterocycles. The Morgan fingerprint density at radius 2 is 1.58 bits per heavy atom. The number of thioether (sulfide) groups is 1. The number of nitro benzene ring substituents is 1. The maximum absolute atomic E-state index is 13.0. The minimum atomic E-state index is -1.11. The fraction of sp³-hybridized carbons (Fsp3) is 0.107. The van der Waals surface area contributed by atoms with Gasteiger partial charge in [-0.15, -0.1) is 11.8 Å². The summed E-state index contributed by atoms with van der Waals surface area (Å²) in [6.07, 6.45) is 0. The number of aryl methyl sites for hydroxylation is 1. The number of hydrogen-bond donors (Lipinski definition) is 3. The van der Waals surface area contributed by atoms with Crippen molar-refractivity contribution in [1.82, 2.24) is 0 Å². The number of carbonyl (C=O) groups excluding carboxylic acids is 2. The minimum absolute atomic E-state index is 0.0436. The van der Waals surface area contributed by atoms with Gasteiger partial charge in [0.25, 0.3) is 11.6 Å². The molecule has 4 aromatic carbocycles. The second-order valence-corrected chi connectivity index (χ2v) is 9.91. The van der Waals surface area contributed by atoms with Crippen molar-refractivity contribution in [2.24, 2.45) is 0 Å². The quantitative estimate of drug-likeness (QED) is 0.142. The van der Waals surface area contributed by atoms with E-state index in [1.807, 2.05) is 0 Å². The summed E-state index contributed by atoms with van der Waals surface area (Å²) in [6.45, 7) is 3.44. The minimum Gasteiger partial charge on any atom is -0.478 e. The van der Waals surface area contributed by atoms with Crippen LogP contribution in [0.3, 0.4) is 0 Å². The summed E-state index contributed by atoms with van der Waals surface area (Å²) in [6, 6.07) is 21.1. The first-order valence-corrected chi connectivity index (χ1v) is 12.4. The molecular weight excluding hydrogens is 506 g/mol. The number of non-ortho nitro benzene ring substituents is 1. The predicted molar refractivity (Wildman–Crippen MR) is 147 cm³/mol. The third-order valence-corrected chi connectivity index (χ3v) is 6.96. The Morgan fingerprint density at radius 1 is 0.921 bits per heavy atom. The number of rotatable bonds is 8. The van der Waals surface area contributed by atoms with Crippen LogP contribution in [0.4, 0.5) is 17.1 Å². The number of nitro groups is 1. The van der Waals surface area contributed by atoms with Gasteiger partial charge in [0.1, 0.15) is 0 Å². The number of aromatic carboxylic acids is 1. The second kappa shape index (κ2) is 11.1. The fourth-order valence-electron chi connectivity index (χ4n) is 3.92. The number of carbonyl (C=O) groups is 3. The van der Waals surface area contributed by atoms with Crippen molar-refractivity contribution in [3.05, 3.63) is 106 Å². The van der Waals surface area contributed by atoms with E-state index in [2.05, 4.69) is 10.6 Å². The normalized spacial score (nSPS) is 11.5. The Balaban J connectivity index is 1.42. The lowest BCUT2D eigenvalue weighted by Crippen LogP contribution is -2.22. The van der Waals surface area contributed by atoms with Crippen molar-refractivity contribution in [1.29, 1.82) is 0 Å². The first-order valence-electron chi connectivity index (χ1n) is 11.5. The molecule has 4 aromatic rings. The van der Waals surface area contributed by atoms with Crippen LogP contribution in [-0.2, 0) is 4.79 Å². The van der Waals surface area contributed by atoms with Crippen molar-refractivity contribution in [2.45, 2.75) is 24.0 Å². The number of anilines is 2. The van der Waals surface area contributed by atoms with Gasteiger partial charge in [0.2, 0.25) is 5.91 Å². The van der Waals surface area contributed by atoms with Crippen molar-refractivity contribution in [2.75, 3.05) is 10.6 Å². The van der Waals surface area contributed by atoms with Crippen LogP contribution in [0.1, 0.15) is 33.2 Å². The number of carboxylic acid groups (broad SMARTS) is 1. The molecule has 0 saturated carbocycles. The zero-order valence-corrected chi connectivity index (χ0v) is 21.2. The maximum Gasteiger partial charge on any atom is 0.336 e. The highest BCUT2D eigenvalue weighted by molar-refractivity contribution is 8.00. The smallest absolute Gasteiger partial charge is 0.336 e. The fourth-order valence-corrected chi connectivity index (χ4v) is 4.78. The van der Waals surface area contributed by atoms with Crippen molar-refractivity contribution in [3.63, 3.8) is 0 Å². The molecule has 0 fully saturated rings. The van der Waals surface area contributed by atoms with Crippen molar-refractivity contribution in [3.8, 4) is 0 Å². The molecule has 10 heteroatoms. The molecule has 192 valence electrons. The molecule has 0 aliphatic rings. The van der Waals surface area contributed by atoms with E-state index >= 15 is 0 Å². The Labute approximate surface area is 222 Å². The number of fused-ring (bicyclic) bond motifs is 1. The molecule has 0 spiro atoms. The summed E-state index contributed by atoms with van der Waals surface area (Å²) >= 11 is 1.32. The van der Waals surface area contributed by atoms with E-state index in [1.165, 1.54) is 36.0 Å². The van der Waals surface area contributed by atoms with Gasteiger partial charge < -0.3 is 15.7 Å². The largest absolute Gasteiger partial charge is 0.478 e. The Bertz CT molecular complexity index is 1560. The lowest BCUT2D eigenvalue weighted by Gasteiger charge is -2.14. The molecule has 4 rings (SSSR count). The molecule has 2 amide bonds. The number of nitrogens with zero attached hydrogens (tertiary/aromatic N) is 1. The topological polar surface area (TPSA) is 139 Å². The van der Waals surface area contributed by atoms with Crippen LogP contribution >= 0.6 is 11.8 Å². The first kappa shape index (κ1) is 26.4. The average molecular weight is 530 g/mol. The highest BCUT2D eigenvalue weighted by Gasteiger charge is 2.18. The molecular formula is C28H23N3O6S. The molecule has 3 N–H and O–H groups in total. The van der Waals surface area contributed by atoms with Gasteiger partial charge >= 0.3 is 5.97 Å². The molecule has 1 unspecified atom stereocenters. The van der Waals surface area contributed by atoms with Crippen LogP contribution in [0.5, 0.6) is 0 Å². The van der Waals surface area contributed by atoms with Gasteiger partial charge in [-0.3, -0.25) is 19.7 Å². The molecule has 0 aliphatic heterocycles. The van der Waals surface area contributed by atoms with E-state index in [4.69, 9.17) is 0 Å². The molecule has 0 radical (unpaired) electrons. The first-order chi connectivity index (χ1) is 18.1. The number of carboxylic acids is 1. The third-order valence-electron chi connectivity index (χ3n) is 5.85. The zero-order valence-electron chi connectivity index (χ0n) is 20.4. The predicted octanol–water partition coefficient (Wildman–Crippen LogP) is 6.13. The highest BCUT2D eigenvalue weighted by Crippen LogP contribution is 2.28. The molecule has 0 heterocycles. The summed E-state index contributed by atoms with van der Waals surface area (Å²) < 4.78 is 0. The van der Waals surface area contributed by atoms with Crippen LogP contribution in [0.2, 0.25) is 0 Å². The van der Waals surface area contributed by atoms with Gasteiger partial charge in [0.05, 0.1) is 15.7 Å². The summed E-state index contributed by atoms with van der Waals surface area (Å²) in [5, 5.41) is 26.6. The average Bonchev–Trinajstić information content (AvgIpc) is 2.89. The Hall–Kier alpha value is -4.70. The van der Waals surface area contributed by atoms with Gasteiger partial charge in [-0.25, -0.2) is 4.79 Å². The number of amides is 2. The summed E-state index contributed by atoms with van der Waals surface area (Å²) in [5.74, 6) is -1.80. The molecule has 0 bridgehead atoms. The summed E-state index contributed by atoms with van der Waals surface area (Å²) in [5.41, 5.74) is 1.87. The van der Waals surface area contributed by atoms with Gasteiger partial charge in [-0.1, -0.05) is 24.3 Å². The van der Waals surface area contributed by atoms with Crippen LogP contribution in [-0.4, -0.2) is 33.1 Å². The third kappa shape index (κ3) is 5.81. The number of hydrogen-bond acceptors (Lipinski definition) is 6. The van der Waals surface area contributed by atoms with Gasteiger partial charge in [-0.05, 0) is 67.3 Å². The van der Waals surface area contributed by atoms with Crippen LogP contribution in [0.25, 0.3) is 10.8 Å². The number of benzene rings is 4. The van der Waals surface area contributed by atoms with Crippen LogP contribution in [0, 0.1) is 17.0 Å². The Kier molecular flexibility index (Phi) is 7.73. The van der Waals surface area contributed by atoms with E-state index in [9.17, 15) is 29.6 Å². The lowest BCUT2D eigenvalue weighted by molar-refractivity contribution is -0.384.